The first kappa shape index (κ1) is 18.8. The van der Waals surface area contributed by atoms with Crippen LogP contribution < -0.4 is 14.5 Å². The molecule has 6 nitrogen and oxygen atoms in total. The molecule has 0 unspecified atom stereocenters. The number of amides is 1. The van der Waals surface area contributed by atoms with Crippen molar-refractivity contribution in [2.24, 2.45) is 0 Å². The first-order valence-corrected chi connectivity index (χ1v) is 11.2. The lowest BCUT2D eigenvalue weighted by molar-refractivity contribution is -0.118. The Morgan fingerprint density at radius 3 is 2.36 bits per heavy atom. The molecule has 2 aromatic rings. The van der Waals surface area contributed by atoms with Crippen molar-refractivity contribution in [1.29, 1.82) is 0 Å². The van der Waals surface area contributed by atoms with Gasteiger partial charge in [0.15, 0.2) is 0 Å². The van der Waals surface area contributed by atoms with Gasteiger partial charge in [-0.15, -0.1) is 0 Å². The molecule has 0 saturated carbocycles. The molecule has 28 heavy (non-hydrogen) atoms. The molecule has 1 fully saturated rings. The standard InChI is InChI=1S/C21H25N3O3S/c1-23-20-11-10-19(15-16(20)5-12-21(23)25)28(26,27)22-17-6-8-18(9-7-17)24-13-3-2-4-14-24/h6-11,15,22H,2-5,12-14H2,1H3. The fourth-order valence-corrected chi connectivity index (χ4v) is 5.02. The highest BCUT2D eigenvalue weighted by Gasteiger charge is 2.23. The second-order valence-electron chi connectivity index (χ2n) is 7.44. The molecule has 1 saturated heterocycles. The van der Waals surface area contributed by atoms with Crippen LogP contribution in [0.4, 0.5) is 17.1 Å². The van der Waals surface area contributed by atoms with Crippen molar-refractivity contribution in [2.45, 2.75) is 37.0 Å². The zero-order valence-electron chi connectivity index (χ0n) is 16.0. The molecule has 2 aromatic carbocycles. The Hall–Kier alpha value is -2.54. The van der Waals surface area contributed by atoms with E-state index in [4.69, 9.17) is 0 Å². The number of nitrogens with one attached hydrogen (secondary N) is 1. The number of hydrogen-bond acceptors (Lipinski definition) is 4. The molecule has 0 aromatic heterocycles. The number of anilines is 3. The Morgan fingerprint density at radius 1 is 0.929 bits per heavy atom. The second-order valence-corrected chi connectivity index (χ2v) is 9.13. The number of aryl methyl sites for hydroxylation is 1. The van der Waals surface area contributed by atoms with Crippen molar-refractivity contribution >= 4 is 33.0 Å². The molecular formula is C21H25N3O3S. The highest BCUT2D eigenvalue weighted by molar-refractivity contribution is 7.92. The van der Waals surface area contributed by atoms with Gasteiger partial charge in [-0.05, 0) is 73.7 Å². The number of rotatable bonds is 4. The number of piperidine rings is 1. The maximum absolute atomic E-state index is 12.8. The Labute approximate surface area is 166 Å². The molecule has 2 aliphatic rings. The lowest BCUT2D eigenvalue weighted by Crippen LogP contribution is -2.31. The van der Waals surface area contributed by atoms with E-state index in [0.717, 1.165) is 30.0 Å². The summed E-state index contributed by atoms with van der Waals surface area (Å²) in [7, 11) is -1.96. The average Bonchev–Trinajstić information content (AvgIpc) is 2.71. The summed E-state index contributed by atoms with van der Waals surface area (Å²) in [6.45, 7) is 2.11. The number of carbonyl (C=O) groups is 1. The van der Waals surface area contributed by atoms with Gasteiger partial charge in [0.1, 0.15) is 0 Å². The van der Waals surface area contributed by atoms with E-state index in [1.54, 1.807) is 30.1 Å². The number of sulfonamides is 1. The van der Waals surface area contributed by atoms with Crippen LogP contribution >= 0.6 is 0 Å². The van der Waals surface area contributed by atoms with Crippen LogP contribution in [0.2, 0.25) is 0 Å². The predicted molar refractivity (Wildman–Crippen MR) is 111 cm³/mol. The van der Waals surface area contributed by atoms with Gasteiger partial charge < -0.3 is 9.80 Å². The largest absolute Gasteiger partial charge is 0.372 e. The van der Waals surface area contributed by atoms with Crippen molar-refractivity contribution in [1.82, 2.24) is 0 Å². The average molecular weight is 400 g/mol. The van der Waals surface area contributed by atoms with Crippen LogP contribution in [0, 0.1) is 0 Å². The molecule has 0 spiro atoms. The van der Waals surface area contributed by atoms with Gasteiger partial charge in [-0.1, -0.05) is 0 Å². The summed E-state index contributed by atoms with van der Waals surface area (Å²) in [6, 6.07) is 12.5. The van der Waals surface area contributed by atoms with E-state index in [1.807, 2.05) is 24.3 Å². The molecule has 7 heteroatoms. The van der Waals surface area contributed by atoms with Gasteiger partial charge in [0, 0.05) is 43.6 Å². The van der Waals surface area contributed by atoms with Gasteiger partial charge in [0.2, 0.25) is 5.91 Å². The SMILES string of the molecule is CN1C(=O)CCc2cc(S(=O)(=O)Nc3ccc(N4CCCCC4)cc3)ccc21. The Morgan fingerprint density at radius 2 is 1.64 bits per heavy atom. The molecule has 0 radical (unpaired) electrons. The van der Waals surface area contributed by atoms with Crippen LogP contribution in [0.5, 0.6) is 0 Å². The highest BCUT2D eigenvalue weighted by atomic mass is 32.2. The van der Waals surface area contributed by atoms with Crippen molar-refractivity contribution in [3.63, 3.8) is 0 Å². The third-order valence-electron chi connectivity index (χ3n) is 5.55. The monoisotopic (exact) mass is 399 g/mol. The Kier molecular flexibility index (Phi) is 5.02. The maximum Gasteiger partial charge on any atom is 0.261 e. The smallest absolute Gasteiger partial charge is 0.261 e. The first-order valence-electron chi connectivity index (χ1n) is 9.71. The summed E-state index contributed by atoms with van der Waals surface area (Å²) in [6.07, 6.45) is 4.64. The molecule has 148 valence electrons. The van der Waals surface area contributed by atoms with Crippen LogP contribution in [0.3, 0.4) is 0 Å². The molecule has 2 aliphatic heterocycles. The summed E-state index contributed by atoms with van der Waals surface area (Å²) in [5, 5.41) is 0. The van der Waals surface area contributed by atoms with Crippen LogP contribution in [0.25, 0.3) is 0 Å². The van der Waals surface area contributed by atoms with Gasteiger partial charge in [-0.3, -0.25) is 9.52 Å². The summed E-state index contributed by atoms with van der Waals surface area (Å²) >= 11 is 0. The minimum atomic E-state index is -3.68. The first-order chi connectivity index (χ1) is 13.4. The van der Waals surface area contributed by atoms with Crippen molar-refractivity contribution < 1.29 is 13.2 Å². The number of carbonyl (C=O) groups excluding carboxylic acids is 1. The molecule has 1 amide bonds. The zero-order chi connectivity index (χ0) is 19.7. The summed E-state index contributed by atoms with van der Waals surface area (Å²) in [5.41, 5.74) is 3.33. The Balaban J connectivity index is 1.52. The van der Waals surface area contributed by atoms with Gasteiger partial charge in [-0.2, -0.15) is 0 Å². The number of nitrogens with zero attached hydrogens (tertiary/aromatic N) is 2. The van der Waals surface area contributed by atoms with Crippen molar-refractivity contribution in [3.8, 4) is 0 Å². The van der Waals surface area contributed by atoms with E-state index in [1.165, 1.54) is 19.3 Å². The zero-order valence-corrected chi connectivity index (χ0v) is 16.8. The normalized spacial score (nSPS) is 17.4. The molecule has 0 aliphatic carbocycles. The van der Waals surface area contributed by atoms with E-state index >= 15 is 0 Å². The van der Waals surface area contributed by atoms with Crippen molar-refractivity contribution in [3.05, 3.63) is 48.0 Å². The van der Waals surface area contributed by atoms with Gasteiger partial charge in [0.25, 0.3) is 10.0 Å². The topological polar surface area (TPSA) is 69.7 Å². The predicted octanol–water partition coefficient (Wildman–Crippen LogP) is 3.39. The molecule has 2 heterocycles. The fourth-order valence-electron chi connectivity index (χ4n) is 3.91. The molecule has 4 rings (SSSR count). The second kappa shape index (κ2) is 7.47. The molecular weight excluding hydrogens is 374 g/mol. The maximum atomic E-state index is 12.8. The minimum absolute atomic E-state index is 0.0510. The van der Waals surface area contributed by atoms with Crippen molar-refractivity contribution in [2.75, 3.05) is 34.7 Å². The van der Waals surface area contributed by atoms with E-state index in [2.05, 4.69) is 9.62 Å². The quantitative estimate of drug-likeness (QED) is 0.856. The highest BCUT2D eigenvalue weighted by Crippen LogP contribution is 2.30. The number of hydrogen-bond donors (Lipinski definition) is 1. The van der Waals surface area contributed by atoms with E-state index in [9.17, 15) is 13.2 Å². The van der Waals surface area contributed by atoms with Gasteiger partial charge in [0.05, 0.1) is 4.90 Å². The van der Waals surface area contributed by atoms with Crippen LogP contribution in [-0.4, -0.2) is 34.5 Å². The van der Waals surface area contributed by atoms with E-state index in [-0.39, 0.29) is 10.8 Å². The van der Waals surface area contributed by atoms with Crippen LogP contribution in [0.1, 0.15) is 31.2 Å². The summed E-state index contributed by atoms with van der Waals surface area (Å²) < 4.78 is 28.3. The van der Waals surface area contributed by atoms with Gasteiger partial charge in [-0.25, -0.2) is 8.42 Å². The van der Waals surface area contributed by atoms with E-state index < -0.39 is 10.0 Å². The lowest BCUT2D eigenvalue weighted by Gasteiger charge is -2.28. The Bertz CT molecular complexity index is 980. The number of fused-ring (bicyclic) bond motifs is 1. The van der Waals surface area contributed by atoms with E-state index in [0.29, 0.717) is 18.5 Å². The lowest BCUT2D eigenvalue weighted by atomic mass is 10.0. The molecule has 0 atom stereocenters. The third-order valence-corrected chi connectivity index (χ3v) is 6.92. The van der Waals surface area contributed by atoms with Gasteiger partial charge >= 0.3 is 0 Å². The van der Waals surface area contributed by atoms with Crippen LogP contribution in [0.15, 0.2) is 47.4 Å². The van der Waals surface area contributed by atoms with Crippen LogP contribution in [-0.2, 0) is 21.2 Å². The summed E-state index contributed by atoms with van der Waals surface area (Å²) in [5.74, 6) is 0.0510. The third kappa shape index (κ3) is 3.71. The summed E-state index contributed by atoms with van der Waals surface area (Å²) in [4.78, 5) is 16.0. The molecule has 1 N–H and O–H groups in total. The number of benzene rings is 2. The minimum Gasteiger partial charge on any atom is -0.372 e. The molecule has 0 bridgehead atoms. The fraction of sp³-hybridized carbons (Fsp3) is 0.381.